The molecular formula is C28H35N7O4. The third-order valence-electron chi connectivity index (χ3n) is 7.95. The van der Waals surface area contributed by atoms with Crippen molar-refractivity contribution in [2.24, 2.45) is 0 Å². The van der Waals surface area contributed by atoms with Crippen LogP contribution in [0.4, 0.5) is 10.6 Å². The van der Waals surface area contributed by atoms with Crippen molar-refractivity contribution in [1.29, 1.82) is 0 Å². The Bertz CT molecular complexity index is 1370. The quantitative estimate of drug-likeness (QED) is 0.526. The molecule has 1 N–H and O–H groups in total. The molecule has 3 aliphatic heterocycles. The third kappa shape index (κ3) is 5.08. The minimum atomic E-state index is -0.491. The molecule has 11 nitrogen and oxygen atoms in total. The maximum atomic E-state index is 12.7. The lowest BCUT2D eigenvalue weighted by Crippen LogP contribution is -2.63. The highest BCUT2D eigenvalue weighted by Gasteiger charge is 2.51. The summed E-state index contributed by atoms with van der Waals surface area (Å²) in [6.45, 7) is 8.98. The lowest BCUT2D eigenvalue weighted by atomic mass is 9.83. The number of hydrogen-bond acceptors (Lipinski definition) is 8. The monoisotopic (exact) mass is 533 g/mol. The molecule has 6 rings (SSSR count). The van der Waals surface area contributed by atoms with E-state index in [1.807, 2.05) is 48.4 Å². The third-order valence-corrected chi connectivity index (χ3v) is 7.95. The number of ether oxygens (including phenoxy) is 2. The first-order valence-electron chi connectivity index (χ1n) is 13.6. The largest absolute Gasteiger partial charge is 0.444 e. The van der Waals surface area contributed by atoms with E-state index in [0.717, 1.165) is 45.3 Å². The SMILES string of the molecule is CC(C)(C)OC(=O)N1CCC2(CCN2CC2CCC(n3cnc4c(NC(=O)c5ccccc5)ncnc43)O2)C1. The number of anilines is 1. The van der Waals surface area contributed by atoms with Gasteiger partial charge in [0, 0.05) is 37.3 Å². The minimum Gasteiger partial charge on any atom is -0.444 e. The molecule has 2 amide bonds. The van der Waals surface area contributed by atoms with E-state index in [1.165, 1.54) is 6.33 Å². The Kier molecular flexibility index (Phi) is 6.50. The smallest absolute Gasteiger partial charge is 0.410 e. The van der Waals surface area contributed by atoms with Gasteiger partial charge < -0.3 is 19.7 Å². The summed E-state index contributed by atoms with van der Waals surface area (Å²) in [6.07, 6.45) is 6.64. The van der Waals surface area contributed by atoms with Gasteiger partial charge in [-0.25, -0.2) is 19.7 Å². The van der Waals surface area contributed by atoms with Crippen LogP contribution in [0.25, 0.3) is 11.2 Å². The van der Waals surface area contributed by atoms with Gasteiger partial charge in [0.1, 0.15) is 18.2 Å². The van der Waals surface area contributed by atoms with Crippen LogP contribution in [0.2, 0.25) is 0 Å². The van der Waals surface area contributed by atoms with E-state index in [4.69, 9.17) is 9.47 Å². The molecule has 0 aliphatic carbocycles. The van der Waals surface area contributed by atoms with Crippen LogP contribution in [0.3, 0.4) is 0 Å². The van der Waals surface area contributed by atoms with Gasteiger partial charge in [-0.15, -0.1) is 0 Å². The van der Waals surface area contributed by atoms with Crippen molar-refractivity contribution < 1.29 is 19.1 Å². The number of hydrogen-bond donors (Lipinski definition) is 1. The van der Waals surface area contributed by atoms with E-state index < -0.39 is 5.60 Å². The molecule has 3 aliphatic rings. The molecule has 206 valence electrons. The number of carbonyl (C=O) groups is 2. The van der Waals surface area contributed by atoms with Gasteiger partial charge in [0.15, 0.2) is 17.0 Å². The van der Waals surface area contributed by atoms with Gasteiger partial charge in [-0.2, -0.15) is 0 Å². The maximum Gasteiger partial charge on any atom is 0.410 e. The molecule has 3 aromatic rings. The van der Waals surface area contributed by atoms with E-state index in [2.05, 4.69) is 25.2 Å². The summed E-state index contributed by atoms with van der Waals surface area (Å²) in [5, 5.41) is 2.86. The van der Waals surface area contributed by atoms with Crippen molar-refractivity contribution in [2.45, 2.75) is 69.9 Å². The average molecular weight is 534 g/mol. The number of likely N-dealkylation sites (tertiary alicyclic amines) is 2. The van der Waals surface area contributed by atoms with Gasteiger partial charge in [-0.3, -0.25) is 14.3 Å². The number of nitrogens with one attached hydrogen (secondary N) is 1. The van der Waals surface area contributed by atoms with Crippen LogP contribution in [0.1, 0.15) is 63.0 Å². The fourth-order valence-corrected chi connectivity index (χ4v) is 5.87. The Morgan fingerprint density at radius 1 is 1.10 bits per heavy atom. The Labute approximate surface area is 227 Å². The highest BCUT2D eigenvalue weighted by molar-refractivity contribution is 6.06. The number of rotatable bonds is 5. The lowest BCUT2D eigenvalue weighted by molar-refractivity contribution is -0.0677. The van der Waals surface area contributed by atoms with Crippen LogP contribution in [-0.2, 0) is 9.47 Å². The van der Waals surface area contributed by atoms with E-state index in [1.54, 1.807) is 18.5 Å². The van der Waals surface area contributed by atoms with Crippen LogP contribution < -0.4 is 5.32 Å². The zero-order valence-corrected chi connectivity index (χ0v) is 22.7. The fraction of sp³-hybridized carbons (Fsp3) is 0.536. The van der Waals surface area contributed by atoms with Crippen molar-refractivity contribution in [1.82, 2.24) is 29.3 Å². The van der Waals surface area contributed by atoms with Crippen molar-refractivity contribution in [3.05, 3.63) is 48.5 Å². The second-order valence-corrected chi connectivity index (χ2v) is 11.7. The Hall–Kier alpha value is -3.57. The van der Waals surface area contributed by atoms with Gasteiger partial charge in [-0.05, 0) is 58.6 Å². The fourth-order valence-electron chi connectivity index (χ4n) is 5.87. The number of fused-ring (bicyclic) bond motifs is 1. The van der Waals surface area contributed by atoms with Crippen molar-refractivity contribution in [3.63, 3.8) is 0 Å². The van der Waals surface area contributed by atoms with E-state index in [0.29, 0.717) is 29.1 Å². The van der Waals surface area contributed by atoms with Crippen LogP contribution in [0.5, 0.6) is 0 Å². The topological polar surface area (TPSA) is 115 Å². The Morgan fingerprint density at radius 3 is 2.64 bits per heavy atom. The molecule has 1 aromatic carbocycles. The van der Waals surface area contributed by atoms with Crippen molar-refractivity contribution >= 4 is 29.0 Å². The number of carbonyl (C=O) groups excluding carboxylic acids is 2. The molecule has 1 spiro atoms. The van der Waals surface area contributed by atoms with Crippen molar-refractivity contribution in [2.75, 3.05) is 31.5 Å². The highest BCUT2D eigenvalue weighted by atomic mass is 16.6. The molecule has 11 heteroatoms. The number of aromatic nitrogens is 4. The second kappa shape index (κ2) is 9.87. The van der Waals surface area contributed by atoms with E-state index >= 15 is 0 Å². The zero-order valence-electron chi connectivity index (χ0n) is 22.7. The van der Waals surface area contributed by atoms with Gasteiger partial charge in [-0.1, -0.05) is 18.2 Å². The van der Waals surface area contributed by atoms with E-state index in [-0.39, 0.29) is 29.9 Å². The first-order valence-corrected chi connectivity index (χ1v) is 13.6. The second-order valence-electron chi connectivity index (χ2n) is 11.7. The van der Waals surface area contributed by atoms with Gasteiger partial charge in [0.25, 0.3) is 5.91 Å². The summed E-state index contributed by atoms with van der Waals surface area (Å²) in [5.74, 6) is 0.128. The summed E-state index contributed by atoms with van der Waals surface area (Å²) in [5.41, 5.74) is 1.24. The normalized spacial score (nSPS) is 25.3. The summed E-state index contributed by atoms with van der Waals surface area (Å²) < 4.78 is 14.0. The number of imidazole rings is 1. The molecule has 3 fully saturated rings. The highest BCUT2D eigenvalue weighted by Crippen LogP contribution is 2.41. The van der Waals surface area contributed by atoms with Crippen LogP contribution in [0.15, 0.2) is 43.0 Å². The first-order chi connectivity index (χ1) is 18.7. The van der Waals surface area contributed by atoms with Gasteiger partial charge in [0.2, 0.25) is 0 Å². The lowest BCUT2D eigenvalue weighted by Gasteiger charge is -2.51. The Morgan fingerprint density at radius 2 is 1.90 bits per heavy atom. The predicted octanol–water partition coefficient (Wildman–Crippen LogP) is 3.84. The van der Waals surface area contributed by atoms with Gasteiger partial charge in [0.05, 0.1) is 12.4 Å². The van der Waals surface area contributed by atoms with Crippen LogP contribution in [-0.4, -0.2) is 84.7 Å². The van der Waals surface area contributed by atoms with Crippen LogP contribution in [0, 0.1) is 0 Å². The summed E-state index contributed by atoms with van der Waals surface area (Å²) >= 11 is 0. The molecule has 3 unspecified atom stereocenters. The molecule has 0 radical (unpaired) electrons. The molecule has 3 saturated heterocycles. The molecule has 0 bridgehead atoms. The summed E-state index contributed by atoms with van der Waals surface area (Å²) in [6, 6.07) is 9.01. The molecule has 2 aromatic heterocycles. The molecule has 39 heavy (non-hydrogen) atoms. The Balaban J connectivity index is 1.09. The molecular weight excluding hydrogens is 498 g/mol. The maximum absolute atomic E-state index is 12.7. The van der Waals surface area contributed by atoms with E-state index in [9.17, 15) is 9.59 Å². The molecule has 0 saturated carbocycles. The van der Waals surface area contributed by atoms with Crippen molar-refractivity contribution in [3.8, 4) is 0 Å². The average Bonchev–Trinajstić information content (AvgIpc) is 3.65. The minimum absolute atomic E-state index is 0.0269. The molecule has 3 atom stereocenters. The number of benzene rings is 1. The van der Waals surface area contributed by atoms with Gasteiger partial charge >= 0.3 is 6.09 Å². The predicted molar refractivity (Wildman–Crippen MR) is 144 cm³/mol. The zero-order chi connectivity index (χ0) is 27.2. The first kappa shape index (κ1) is 25.7. The number of amides is 2. The standard InChI is InChI=1S/C28H35N7O4/c1-27(2,3)39-26(37)33-13-11-28(16-33)12-14-34(28)15-20-9-10-21(38-20)35-18-31-22-23(29-17-30-24(22)35)32-25(36)19-7-5-4-6-8-19/h4-8,17-18,20-21H,9-16H2,1-3H3,(H,29,30,32,36). The summed E-state index contributed by atoms with van der Waals surface area (Å²) in [7, 11) is 0. The van der Waals surface area contributed by atoms with Crippen LogP contribution >= 0.6 is 0 Å². The summed E-state index contributed by atoms with van der Waals surface area (Å²) in [4.78, 5) is 42.8. The molecule has 5 heterocycles. The number of nitrogens with zero attached hydrogens (tertiary/aromatic N) is 6.